The Bertz CT molecular complexity index is 503. The lowest BCUT2D eigenvalue weighted by molar-refractivity contribution is -0.701. The summed E-state index contributed by atoms with van der Waals surface area (Å²) < 4.78 is 1.98. The molecule has 30 heavy (non-hydrogen) atoms. The van der Waals surface area contributed by atoms with Crippen LogP contribution in [0.4, 0.5) is 0 Å². The number of hydrogen-bond donors (Lipinski definition) is 1. The number of pyridine rings is 1. The summed E-state index contributed by atoms with van der Waals surface area (Å²) in [6, 6.07) is 5.87. The second-order valence-corrected chi connectivity index (χ2v) is 9.05. The van der Waals surface area contributed by atoms with E-state index in [0.717, 1.165) is 12.8 Å². The van der Waals surface area contributed by atoms with Crippen molar-refractivity contribution in [1.29, 1.82) is 0 Å². The van der Waals surface area contributed by atoms with E-state index >= 15 is 0 Å². The summed E-state index contributed by atoms with van der Waals surface area (Å²) in [6.07, 6.45) is 27.8. The van der Waals surface area contributed by atoms with E-state index in [-0.39, 0.29) is 5.92 Å². The maximum atomic E-state index is 11.5. The molecule has 1 unspecified atom stereocenters. The highest BCUT2D eigenvalue weighted by Gasteiger charge is 2.21. The average molecular weight is 419 g/mol. The molecule has 0 fully saturated rings. The molecule has 0 spiro atoms. The standard InChI is InChI=1S/C27H47NO2/c1-2-3-4-5-6-7-8-9-10-11-12-13-14-15-16-17-19-22-26(27(29)30)25-28-23-20-18-21-24-28/h18,20-21,23-24,26H,2-17,19,22,25H2,1H3/p+1. The van der Waals surface area contributed by atoms with E-state index < -0.39 is 5.97 Å². The SMILES string of the molecule is CCCCCCCCCCCCCCCCCCCC(C[n+]1ccccc1)C(=O)O. The highest BCUT2D eigenvalue weighted by Crippen LogP contribution is 2.16. The Morgan fingerprint density at radius 2 is 1.07 bits per heavy atom. The fourth-order valence-electron chi connectivity index (χ4n) is 4.22. The number of carbonyl (C=O) groups is 1. The van der Waals surface area contributed by atoms with Gasteiger partial charge in [0.25, 0.3) is 0 Å². The van der Waals surface area contributed by atoms with Crippen molar-refractivity contribution in [1.82, 2.24) is 0 Å². The Morgan fingerprint density at radius 1 is 0.667 bits per heavy atom. The van der Waals surface area contributed by atoms with Crippen LogP contribution in [0.1, 0.15) is 122 Å². The second-order valence-electron chi connectivity index (χ2n) is 9.05. The maximum Gasteiger partial charge on any atom is 0.312 e. The summed E-state index contributed by atoms with van der Waals surface area (Å²) in [7, 11) is 0. The van der Waals surface area contributed by atoms with E-state index in [1.807, 2.05) is 35.2 Å². The average Bonchev–Trinajstić information content (AvgIpc) is 2.75. The molecule has 1 heterocycles. The van der Waals surface area contributed by atoms with E-state index in [1.165, 1.54) is 103 Å². The molecule has 0 bridgehead atoms. The molecule has 1 aromatic rings. The summed E-state index contributed by atoms with van der Waals surface area (Å²) >= 11 is 0. The van der Waals surface area contributed by atoms with Crippen LogP contribution in [0, 0.1) is 5.92 Å². The van der Waals surface area contributed by atoms with Gasteiger partial charge in [0.05, 0.1) is 0 Å². The fourth-order valence-corrected chi connectivity index (χ4v) is 4.22. The van der Waals surface area contributed by atoms with E-state index in [9.17, 15) is 9.90 Å². The number of aromatic nitrogens is 1. The van der Waals surface area contributed by atoms with Crippen molar-refractivity contribution >= 4 is 5.97 Å². The van der Waals surface area contributed by atoms with Crippen LogP contribution >= 0.6 is 0 Å². The van der Waals surface area contributed by atoms with Crippen LogP contribution in [0.2, 0.25) is 0 Å². The van der Waals surface area contributed by atoms with Crippen LogP contribution in [0.25, 0.3) is 0 Å². The highest BCUT2D eigenvalue weighted by atomic mass is 16.4. The number of aliphatic carboxylic acids is 1. The zero-order valence-corrected chi connectivity index (χ0v) is 19.7. The van der Waals surface area contributed by atoms with Crippen LogP contribution < -0.4 is 4.57 Å². The van der Waals surface area contributed by atoms with Crippen molar-refractivity contribution in [2.45, 2.75) is 129 Å². The molecule has 1 aromatic heterocycles. The third-order valence-corrected chi connectivity index (χ3v) is 6.21. The van der Waals surface area contributed by atoms with Crippen molar-refractivity contribution in [2.75, 3.05) is 0 Å². The molecule has 1 rings (SSSR count). The second kappa shape index (κ2) is 19.6. The minimum Gasteiger partial charge on any atom is -0.481 e. The largest absolute Gasteiger partial charge is 0.481 e. The quantitative estimate of drug-likeness (QED) is 0.164. The van der Waals surface area contributed by atoms with Crippen molar-refractivity contribution in [3.05, 3.63) is 30.6 Å². The lowest BCUT2D eigenvalue weighted by Crippen LogP contribution is -2.39. The van der Waals surface area contributed by atoms with Crippen molar-refractivity contribution in [3.8, 4) is 0 Å². The minimum atomic E-state index is -0.664. The van der Waals surface area contributed by atoms with Crippen molar-refractivity contribution in [2.24, 2.45) is 5.92 Å². The molecular weight excluding hydrogens is 370 g/mol. The van der Waals surface area contributed by atoms with E-state index in [0.29, 0.717) is 6.54 Å². The number of rotatable bonds is 21. The Kier molecular flexibility index (Phi) is 17.4. The summed E-state index contributed by atoms with van der Waals surface area (Å²) in [6.45, 7) is 2.86. The van der Waals surface area contributed by atoms with Gasteiger partial charge in [-0.2, -0.15) is 0 Å². The van der Waals surface area contributed by atoms with Gasteiger partial charge in [-0.1, -0.05) is 122 Å². The summed E-state index contributed by atoms with van der Waals surface area (Å²) in [5.41, 5.74) is 0. The van der Waals surface area contributed by atoms with Crippen molar-refractivity contribution < 1.29 is 14.5 Å². The van der Waals surface area contributed by atoms with E-state index in [2.05, 4.69) is 6.92 Å². The first kappa shape index (κ1) is 26.7. The number of carboxylic acids is 1. The molecule has 0 amide bonds. The van der Waals surface area contributed by atoms with Gasteiger partial charge in [0, 0.05) is 12.1 Å². The topological polar surface area (TPSA) is 41.2 Å². The first-order chi connectivity index (χ1) is 14.7. The van der Waals surface area contributed by atoms with Crippen LogP contribution in [-0.2, 0) is 11.3 Å². The Morgan fingerprint density at radius 3 is 1.47 bits per heavy atom. The van der Waals surface area contributed by atoms with Gasteiger partial charge in [-0.25, -0.2) is 4.57 Å². The van der Waals surface area contributed by atoms with Gasteiger partial charge in [-0.05, 0) is 6.42 Å². The predicted octanol–water partition coefficient (Wildman–Crippen LogP) is 7.72. The molecule has 1 N–H and O–H groups in total. The van der Waals surface area contributed by atoms with Crippen LogP contribution in [-0.4, -0.2) is 11.1 Å². The molecule has 1 atom stereocenters. The molecule has 0 saturated heterocycles. The van der Waals surface area contributed by atoms with Gasteiger partial charge in [-0.3, -0.25) is 4.79 Å². The minimum absolute atomic E-state index is 0.270. The summed E-state index contributed by atoms with van der Waals surface area (Å²) in [5, 5.41) is 9.46. The summed E-state index contributed by atoms with van der Waals surface area (Å²) in [4.78, 5) is 11.5. The molecule has 3 heteroatoms. The lowest BCUT2D eigenvalue weighted by atomic mass is 9.99. The number of hydrogen-bond acceptors (Lipinski definition) is 1. The number of unbranched alkanes of at least 4 members (excludes halogenated alkanes) is 16. The molecule has 3 nitrogen and oxygen atoms in total. The molecule has 0 aliphatic heterocycles. The van der Waals surface area contributed by atoms with Crippen LogP contribution in [0.15, 0.2) is 30.6 Å². The Labute approximate surface area is 186 Å². The molecule has 0 saturated carbocycles. The highest BCUT2D eigenvalue weighted by molar-refractivity contribution is 5.69. The van der Waals surface area contributed by atoms with Gasteiger partial charge in [0.1, 0.15) is 5.92 Å². The van der Waals surface area contributed by atoms with Crippen LogP contribution in [0.3, 0.4) is 0 Å². The van der Waals surface area contributed by atoms with E-state index in [4.69, 9.17) is 0 Å². The molecule has 0 aliphatic rings. The zero-order chi connectivity index (χ0) is 21.7. The molecule has 0 radical (unpaired) electrons. The third-order valence-electron chi connectivity index (χ3n) is 6.21. The number of nitrogens with zero attached hydrogens (tertiary/aromatic N) is 1. The maximum absolute atomic E-state index is 11.5. The molecule has 172 valence electrons. The predicted molar refractivity (Wildman–Crippen MR) is 127 cm³/mol. The van der Waals surface area contributed by atoms with Gasteiger partial charge < -0.3 is 5.11 Å². The van der Waals surface area contributed by atoms with Gasteiger partial charge in [-0.15, -0.1) is 0 Å². The monoisotopic (exact) mass is 418 g/mol. The smallest absolute Gasteiger partial charge is 0.312 e. The lowest BCUT2D eigenvalue weighted by Gasteiger charge is -2.09. The molecule has 0 aromatic carbocycles. The number of carboxylic acid groups (broad SMARTS) is 1. The van der Waals surface area contributed by atoms with E-state index in [1.54, 1.807) is 0 Å². The van der Waals surface area contributed by atoms with Gasteiger partial charge in [0.2, 0.25) is 0 Å². The molecule has 0 aliphatic carbocycles. The Hall–Kier alpha value is -1.38. The van der Waals surface area contributed by atoms with Gasteiger partial charge in [0.15, 0.2) is 18.9 Å². The first-order valence-corrected chi connectivity index (χ1v) is 12.9. The zero-order valence-electron chi connectivity index (χ0n) is 19.7. The van der Waals surface area contributed by atoms with Crippen molar-refractivity contribution in [3.63, 3.8) is 0 Å². The molecular formula is C27H48NO2+. The Balaban J connectivity index is 1.86. The van der Waals surface area contributed by atoms with Gasteiger partial charge >= 0.3 is 5.97 Å². The fraction of sp³-hybridized carbons (Fsp3) is 0.778. The summed E-state index contributed by atoms with van der Waals surface area (Å²) in [5.74, 6) is -0.934. The normalized spacial score (nSPS) is 12.2. The third kappa shape index (κ3) is 15.5. The first-order valence-electron chi connectivity index (χ1n) is 12.9. The van der Waals surface area contributed by atoms with Crippen LogP contribution in [0.5, 0.6) is 0 Å².